The Morgan fingerprint density at radius 1 is 1.44 bits per heavy atom. The van der Waals surface area contributed by atoms with Crippen LogP contribution in [0.4, 0.5) is 0 Å². The lowest BCUT2D eigenvalue weighted by atomic mass is 10.2. The number of hydrogen-bond acceptors (Lipinski definition) is 5. The van der Waals surface area contributed by atoms with Gasteiger partial charge in [-0.3, -0.25) is 9.69 Å². The van der Waals surface area contributed by atoms with Crippen molar-refractivity contribution in [1.82, 2.24) is 9.80 Å². The van der Waals surface area contributed by atoms with Crippen molar-refractivity contribution in [3.63, 3.8) is 0 Å². The molecule has 2 heterocycles. The van der Waals surface area contributed by atoms with E-state index in [4.69, 9.17) is 10.9 Å². The van der Waals surface area contributed by atoms with Crippen molar-refractivity contribution in [3.8, 4) is 0 Å². The molecule has 0 spiro atoms. The van der Waals surface area contributed by atoms with E-state index >= 15 is 0 Å². The molecule has 1 aromatic rings. The summed E-state index contributed by atoms with van der Waals surface area (Å²) in [6, 6.07) is 1.84. The zero-order valence-corrected chi connectivity index (χ0v) is 10.8. The van der Waals surface area contributed by atoms with Crippen LogP contribution < -0.4 is 5.73 Å². The van der Waals surface area contributed by atoms with E-state index in [-0.39, 0.29) is 11.7 Å². The molecule has 1 fully saturated rings. The molecule has 1 saturated heterocycles. The Bertz CT molecular complexity index is 424. The van der Waals surface area contributed by atoms with Gasteiger partial charge in [0.2, 0.25) is 0 Å². The highest BCUT2D eigenvalue weighted by atomic mass is 32.1. The number of oxime groups is 1. The van der Waals surface area contributed by atoms with Crippen molar-refractivity contribution in [2.75, 3.05) is 32.7 Å². The smallest absolute Gasteiger partial charge is 0.254 e. The SMILES string of the molecule is NC(CN1CCN(C(=O)c2ccsc2)CC1)=NO. The molecule has 1 amide bonds. The predicted octanol–water partition coefficient (Wildman–Crippen LogP) is 0.252. The van der Waals surface area contributed by atoms with Gasteiger partial charge in [-0.2, -0.15) is 11.3 Å². The number of amides is 1. The highest BCUT2D eigenvalue weighted by Gasteiger charge is 2.22. The van der Waals surface area contributed by atoms with Crippen LogP contribution in [0.3, 0.4) is 0 Å². The van der Waals surface area contributed by atoms with Gasteiger partial charge >= 0.3 is 0 Å². The Morgan fingerprint density at radius 2 is 2.17 bits per heavy atom. The maximum Gasteiger partial charge on any atom is 0.254 e. The van der Waals surface area contributed by atoms with E-state index in [2.05, 4.69) is 10.1 Å². The second kappa shape index (κ2) is 5.83. The monoisotopic (exact) mass is 268 g/mol. The summed E-state index contributed by atoms with van der Waals surface area (Å²) in [7, 11) is 0. The largest absolute Gasteiger partial charge is 0.409 e. The molecule has 0 atom stereocenters. The standard InChI is InChI=1S/C11H16N4O2S/c12-10(13-17)7-14-2-4-15(5-3-14)11(16)9-1-6-18-8-9/h1,6,8,17H,2-5,7H2,(H2,12,13). The average molecular weight is 268 g/mol. The fourth-order valence-electron chi connectivity index (χ4n) is 1.94. The minimum absolute atomic E-state index is 0.0831. The lowest BCUT2D eigenvalue weighted by molar-refractivity contribution is 0.0654. The van der Waals surface area contributed by atoms with Crippen molar-refractivity contribution >= 4 is 23.1 Å². The van der Waals surface area contributed by atoms with Crippen LogP contribution in [-0.4, -0.2) is 59.5 Å². The molecule has 0 bridgehead atoms. The predicted molar refractivity (Wildman–Crippen MR) is 70.1 cm³/mol. The Morgan fingerprint density at radius 3 is 2.72 bits per heavy atom. The molecule has 0 aliphatic carbocycles. The highest BCUT2D eigenvalue weighted by Crippen LogP contribution is 2.11. The number of carbonyl (C=O) groups excluding carboxylic acids is 1. The summed E-state index contributed by atoms with van der Waals surface area (Å²) in [4.78, 5) is 16.0. The molecule has 1 aromatic heterocycles. The lowest BCUT2D eigenvalue weighted by Crippen LogP contribution is -2.50. The van der Waals surface area contributed by atoms with Crippen LogP contribution in [0, 0.1) is 0 Å². The number of thiophene rings is 1. The van der Waals surface area contributed by atoms with E-state index in [1.807, 2.05) is 21.7 Å². The zero-order chi connectivity index (χ0) is 13.0. The summed E-state index contributed by atoms with van der Waals surface area (Å²) in [5, 5.41) is 15.2. The number of hydrogen-bond donors (Lipinski definition) is 2. The van der Waals surface area contributed by atoms with E-state index in [1.54, 1.807) is 0 Å². The summed E-state index contributed by atoms with van der Waals surface area (Å²) >= 11 is 1.53. The molecule has 0 unspecified atom stereocenters. The molecular weight excluding hydrogens is 252 g/mol. The summed E-state index contributed by atoms with van der Waals surface area (Å²) in [5.41, 5.74) is 6.21. The van der Waals surface area contributed by atoms with Crippen molar-refractivity contribution < 1.29 is 10.0 Å². The van der Waals surface area contributed by atoms with Gasteiger partial charge in [0.15, 0.2) is 5.84 Å². The third-order valence-electron chi connectivity index (χ3n) is 2.94. The third-order valence-corrected chi connectivity index (χ3v) is 3.62. The van der Waals surface area contributed by atoms with Crippen molar-refractivity contribution in [1.29, 1.82) is 0 Å². The van der Waals surface area contributed by atoms with E-state index in [1.165, 1.54) is 11.3 Å². The number of amidine groups is 1. The first-order valence-corrected chi connectivity index (χ1v) is 6.65. The highest BCUT2D eigenvalue weighted by molar-refractivity contribution is 7.08. The van der Waals surface area contributed by atoms with E-state index in [0.29, 0.717) is 19.6 Å². The lowest BCUT2D eigenvalue weighted by Gasteiger charge is -2.34. The Labute approximate surface area is 109 Å². The number of rotatable bonds is 3. The van der Waals surface area contributed by atoms with Gasteiger partial charge in [0.1, 0.15) is 0 Å². The molecule has 7 heteroatoms. The summed E-state index contributed by atoms with van der Waals surface area (Å²) < 4.78 is 0. The molecule has 0 radical (unpaired) electrons. The maximum absolute atomic E-state index is 12.1. The fraction of sp³-hybridized carbons (Fsp3) is 0.455. The third kappa shape index (κ3) is 2.99. The summed E-state index contributed by atoms with van der Waals surface area (Å²) in [6.07, 6.45) is 0. The van der Waals surface area contributed by atoms with Crippen molar-refractivity contribution in [2.24, 2.45) is 10.9 Å². The second-order valence-electron chi connectivity index (χ2n) is 4.17. The van der Waals surface area contributed by atoms with Gasteiger partial charge < -0.3 is 15.8 Å². The minimum Gasteiger partial charge on any atom is -0.409 e. The van der Waals surface area contributed by atoms with Crippen LogP contribution in [0.5, 0.6) is 0 Å². The van der Waals surface area contributed by atoms with Gasteiger partial charge in [0, 0.05) is 31.6 Å². The van der Waals surface area contributed by atoms with E-state index in [0.717, 1.165) is 18.7 Å². The molecular formula is C11H16N4O2S. The van der Waals surface area contributed by atoms with Crippen LogP contribution in [0.2, 0.25) is 0 Å². The molecule has 6 nitrogen and oxygen atoms in total. The molecule has 0 aromatic carbocycles. The molecule has 18 heavy (non-hydrogen) atoms. The number of piperazine rings is 1. The van der Waals surface area contributed by atoms with Gasteiger partial charge in [0.25, 0.3) is 5.91 Å². The first-order valence-electron chi connectivity index (χ1n) is 5.71. The molecule has 0 saturated carbocycles. The number of nitrogens with zero attached hydrogens (tertiary/aromatic N) is 3. The average Bonchev–Trinajstić information content (AvgIpc) is 2.92. The summed E-state index contributed by atoms with van der Waals surface area (Å²) in [6.45, 7) is 3.27. The Hall–Kier alpha value is -1.60. The normalized spacial score (nSPS) is 18.0. The first-order chi connectivity index (χ1) is 8.70. The molecule has 3 N–H and O–H groups in total. The van der Waals surface area contributed by atoms with Gasteiger partial charge in [-0.25, -0.2) is 0 Å². The van der Waals surface area contributed by atoms with Crippen molar-refractivity contribution in [2.45, 2.75) is 0 Å². The summed E-state index contributed by atoms with van der Waals surface area (Å²) in [5.74, 6) is 0.285. The maximum atomic E-state index is 12.1. The van der Waals surface area contributed by atoms with Gasteiger partial charge in [0.05, 0.1) is 12.1 Å². The van der Waals surface area contributed by atoms with Crippen LogP contribution in [0.15, 0.2) is 22.0 Å². The second-order valence-corrected chi connectivity index (χ2v) is 4.95. The molecule has 2 rings (SSSR count). The zero-order valence-electron chi connectivity index (χ0n) is 9.95. The van der Waals surface area contributed by atoms with Crippen molar-refractivity contribution in [3.05, 3.63) is 22.4 Å². The Kier molecular flexibility index (Phi) is 4.16. The van der Waals surface area contributed by atoms with Gasteiger partial charge in [-0.15, -0.1) is 0 Å². The van der Waals surface area contributed by atoms with E-state index < -0.39 is 0 Å². The number of nitrogens with two attached hydrogens (primary N) is 1. The topological polar surface area (TPSA) is 82.2 Å². The van der Waals surface area contributed by atoms with Crippen LogP contribution >= 0.6 is 11.3 Å². The number of carbonyl (C=O) groups is 1. The first kappa shape index (κ1) is 12.8. The van der Waals surface area contributed by atoms with Gasteiger partial charge in [-0.1, -0.05) is 5.16 Å². The quantitative estimate of drug-likeness (QED) is 0.356. The fourth-order valence-corrected chi connectivity index (χ4v) is 2.57. The minimum atomic E-state index is 0.0831. The molecule has 98 valence electrons. The van der Waals surface area contributed by atoms with Gasteiger partial charge in [-0.05, 0) is 11.4 Å². The Balaban J connectivity index is 1.85. The van der Waals surface area contributed by atoms with Crippen LogP contribution in [0.25, 0.3) is 0 Å². The van der Waals surface area contributed by atoms with Crippen LogP contribution in [0.1, 0.15) is 10.4 Å². The molecule has 1 aliphatic rings. The van der Waals surface area contributed by atoms with E-state index in [9.17, 15) is 4.79 Å². The molecule has 1 aliphatic heterocycles. The van der Waals surface area contributed by atoms with Crippen LogP contribution in [-0.2, 0) is 0 Å².